The van der Waals surface area contributed by atoms with Gasteiger partial charge in [-0.1, -0.05) is 29.3 Å². The average Bonchev–Trinajstić information content (AvgIpc) is 3.67. The minimum atomic E-state index is -1.06. The van der Waals surface area contributed by atoms with Gasteiger partial charge in [0.1, 0.15) is 22.9 Å². The zero-order chi connectivity index (χ0) is 35.8. The number of carbonyl (C=O) groups excluding carboxylic acids is 1. The van der Waals surface area contributed by atoms with Crippen molar-refractivity contribution in [2.75, 3.05) is 18.1 Å². The summed E-state index contributed by atoms with van der Waals surface area (Å²) in [6.07, 6.45) is 2.59. The van der Waals surface area contributed by atoms with E-state index in [4.69, 9.17) is 33.0 Å². The van der Waals surface area contributed by atoms with Crippen LogP contribution in [-0.4, -0.2) is 54.0 Å². The molecular weight excluding hydrogens is 675 g/mol. The Labute approximate surface area is 299 Å². The van der Waals surface area contributed by atoms with E-state index in [-0.39, 0.29) is 17.5 Å². The molecule has 0 aliphatic carbocycles. The molecule has 7 rings (SSSR count). The lowest BCUT2D eigenvalue weighted by Gasteiger charge is -2.34. The van der Waals surface area contributed by atoms with Gasteiger partial charge in [-0.2, -0.15) is 5.10 Å². The van der Waals surface area contributed by atoms with Gasteiger partial charge in [0.2, 0.25) is 0 Å². The van der Waals surface area contributed by atoms with Gasteiger partial charge in [0.05, 0.1) is 28.4 Å². The molecule has 1 aliphatic heterocycles. The Hall–Kier alpha value is -4.80. The van der Waals surface area contributed by atoms with Crippen LogP contribution in [0.15, 0.2) is 42.6 Å². The predicted octanol–water partition coefficient (Wildman–Crippen LogP) is 8.40. The van der Waals surface area contributed by atoms with Gasteiger partial charge in [-0.15, -0.1) is 0 Å². The van der Waals surface area contributed by atoms with Crippen molar-refractivity contribution in [2.45, 2.75) is 53.5 Å². The van der Waals surface area contributed by atoms with E-state index in [1.54, 1.807) is 11.0 Å². The first-order chi connectivity index (χ1) is 23.8. The maximum absolute atomic E-state index is 14.9. The molecular formula is C38H38Cl2N6O4. The van der Waals surface area contributed by atoms with Gasteiger partial charge in [-0.25, -0.2) is 9.78 Å². The fourth-order valence-electron chi connectivity index (χ4n) is 7.51. The Balaban J connectivity index is 1.36. The number of carbonyl (C=O) groups is 2. The highest BCUT2D eigenvalue weighted by Gasteiger charge is 2.37. The van der Waals surface area contributed by atoms with Gasteiger partial charge in [-0.05, 0) is 94.5 Å². The molecule has 0 fully saturated rings. The summed E-state index contributed by atoms with van der Waals surface area (Å²) < 4.78 is 12.1. The Morgan fingerprint density at radius 1 is 1.04 bits per heavy atom. The van der Waals surface area contributed by atoms with Crippen molar-refractivity contribution in [1.29, 1.82) is 0 Å². The monoisotopic (exact) mass is 712 g/mol. The third kappa shape index (κ3) is 5.32. The molecule has 1 atom stereocenters. The van der Waals surface area contributed by atoms with Crippen LogP contribution in [-0.2, 0) is 20.5 Å². The average molecular weight is 714 g/mol. The zero-order valence-electron chi connectivity index (χ0n) is 29.1. The fraction of sp³-hybridized carbons (Fsp3) is 0.316. The number of pyridine rings is 1. The fourth-order valence-corrected chi connectivity index (χ4v) is 7.86. The van der Waals surface area contributed by atoms with Crippen LogP contribution in [0.1, 0.15) is 68.3 Å². The number of nitrogens with zero attached hydrogens (tertiary/aromatic N) is 6. The lowest BCUT2D eigenvalue weighted by molar-refractivity contribution is 0.0696. The normalized spacial score (nSPS) is 14.6. The van der Waals surface area contributed by atoms with Gasteiger partial charge in [-0.3, -0.25) is 14.4 Å². The SMILES string of the molecule is Cc1cc(OCCCc2c3n(c4c(-c5c(C)nn(C)c5C)c(Cl)ccc24)[C@H](C)CN(c2cc4cc(C(=O)O)cnc4n2C)C3=O)cc(C)c1Cl. The molecule has 0 bridgehead atoms. The molecule has 5 heterocycles. The Morgan fingerprint density at radius 2 is 1.76 bits per heavy atom. The topological polar surface area (TPSA) is 107 Å². The summed E-state index contributed by atoms with van der Waals surface area (Å²) in [6, 6.07) is 11.1. The highest BCUT2D eigenvalue weighted by atomic mass is 35.5. The number of anilines is 1. The summed E-state index contributed by atoms with van der Waals surface area (Å²) in [6.45, 7) is 10.9. The van der Waals surface area contributed by atoms with Gasteiger partial charge < -0.3 is 19.0 Å². The smallest absolute Gasteiger partial charge is 0.337 e. The molecule has 2 aromatic carbocycles. The number of rotatable bonds is 8. The van der Waals surface area contributed by atoms with Crippen molar-refractivity contribution in [3.63, 3.8) is 0 Å². The van der Waals surface area contributed by atoms with Crippen molar-refractivity contribution < 1.29 is 19.4 Å². The summed E-state index contributed by atoms with van der Waals surface area (Å²) in [4.78, 5) is 32.7. The second kappa shape index (κ2) is 12.5. The molecule has 0 spiro atoms. The largest absolute Gasteiger partial charge is 0.494 e. The number of hydrogen-bond donors (Lipinski definition) is 1. The number of carboxylic acid groups (broad SMARTS) is 1. The number of aromatic nitrogens is 5. The highest BCUT2D eigenvalue weighted by Crippen LogP contribution is 2.45. The van der Waals surface area contributed by atoms with Crippen LogP contribution in [0.4, 0.5) is 5.82 Å². The minimum absolute atomic E-state index is 0.0898. The van der Waals surface area contributed by atoms with Crippen molar-refractivity contribution in [3.8, 4) is 16.9 Å². The van der Waals surface area contributed by atoms with E-state index < -0.39 is 5.97 Å². The molecule has 10 nitrogen and oxygen atoms in total. The number of amides is 1. The maximum Gasteiger partial charge on any atom is 0.337 e. The van der Waals surface area contributed by atoms with Crippen LogP contribution in [0.2, 0.25) is 10.0 Å². The number of aryl methyl sites for hydroxylation is 6. The molecule has 1 N–H and O–H groups in total. The lowest BCUT2D eigenvalue weighted by atomic mass is 9.98. The van der Waals surface area contributed by atoms with E-state index in [1.807, 2.05) is 81.4 Å². The summed E-state index contributed by atoms with van der Waals surface area (Å²) >= 11 is 13.4. The van der Waals surface area contributed by atoms with E-state index in [9.17, 15) is 14.7 Å². The molecule has 50 heavy (non-hydrogen) atoms. The molecule has 1 aliphatic rings. The second-order valence-corrected chi connectivity index (χ2v) is 14.1. The first-order valence-electron chi connectivity index (χ1n) is 16.5. The van der Waals surface area contributed by atoms with Gasteiger partial charge in [0, 0.05) is 65.5 Å². The second-order valence-electron chi connectivity index (χ2n) is 13.3. The van der Waals surface area contributed by atoms with Crippen molar-refractivity contribution in [3.05, 3.63) is 92.0 Å². The van der Waals surface area contributed by atoms with E-state index in [1.165, 1.54) is 6.20 Å². The maximum atomic E-state index is 14.9. The van der Waals surface area contributed by atoms with E-state index in [0.29, 0.717) is 53.6 Å². The minimum Gasteiger partial charge on any atom is -0.494 e. The number of aromatic carboxylic acids is 1. The van der Waals surface area contributed by atoms with Crippen molar-refractivity contribution in [1.82, 2.24) is 23.9 Å². The lowest BCUT2D eigenvalue weighted by Crippen LogP contribution is -2.43. The van der Waals surface area contributed by atoms with E-state index in [0.717, 1.165) is 60.9 Å². The summed E-state index contributed by atoms with van der Waals surface area (Å²) in [5.41, 5.74) is 8.72. The summed E-state index contributed by atoms with van der Waals surface area (Å²) in [5.74, 6) is 0.199. The van der Waals surface area contributed by atoms with Crippen LogP contribution in [0, 0.1) is 27.7 Å². The van der Waals surface area contributed by atoms with Gasteiger partial charge in [0.25, 0.3) is 5.91 Å². The molecule has 0 radical (unpaired) electrons. The number of hydrogen-bond acceptors (Lipinski definition) is 5. The van der Waals surface area contributed by atoms with Crippen LogP contribution in [0.25, 0.3) is 33.1 Å². The van der Waals surface area contributed by atoms with E-state index >= 15 is 0 Å². The predicted molar refractivity (Wildman–Crippen MR) is 197 cm³/mol. The van der Waals surface area contributed by atoms with Crippen molar-refractivity contribution >= 4 is 62.8 Å². The quantitative estimate of drug-likeness (QED) is 0.159. The molecule has 0 saturated carbocycles. The summed E-state index contributed by atoms with van der Waals surface area (Å²) in [7, 11) is 3.77. The summed E-state index contributed by atoms with van der Waals surface area (Å²) in [5, 5.41) is 17.2. The van der Waals surface area contributed by atoms with E-state index in [2.05, 4.69) is 16.5 Å². The van der Waals surface area contributed by atoms with Crippen LogP contribution >= 0.6 is 23.2 Å². The first-order valence-corrected chi connectivity index (χ1v) is 17.3. The molecule has 12 heteroatoms. The van der Waals surface area contributed by atoms with Crippen molar-refractivity contribution in [2.24, 2.45) is 14.1 Å². The molecule has 1 amide bonds. The highest BCUT2D eigenvalue weighted by molar-refractivity contribution is 6.35. The number of benzene rings is 2. The molecule has 0 unspecified atom stereocenters. The van der Waals surface area contributed by atoms with Crippen LogP contribution in [0.3, 0.4) is 0 Å². The first kappa shape index (κ1) is 33.7. The number of carboxylic acids is 1. The van der Waals surface area contributed by atoms with Gasteiger partial charge in [0.15, 0.2) is 0 Å². The number of halogens is 2. The van der Waals surface area contributed by atoms with Crippen LogP contribution in [0.5, 0.6) is 5.75 Å². The zero-order valence-corrected chi connectivity index (χ0v) is 30.6. The third-order valence-corrected chi connectivity index (χ3v) is 10.8. The third-order valence-electron chi connectivity index (χ3n) is 9.93. The Morgan fingerprint density at radius 3 is 2.42 bits per heavy atom. The Kier molecular flexibility index (Phi) is 8.43. The number of fused-ring (bicyclic) bond motifs is 4. The molecule has 0 saturated heterocycles. The molecule has 258 valence electrons. The van der Waals surface area contributed by atoms with Gasteiger partial charge >= 0.3 is 5.97 Å². The van der Waals surface area contributed by atoms with Crippen LogP contribution < -0.4 is 9.64 Å². The standard InChI is InChI=1S/C38H38Cl2N6O4/c1-19-13-26(14-20(2)33(19)40)50-12-8-9-27-28-10-11-29(39)32(31-22(4)42-44(7)23(31)5)34(28)46-21(3)18-45(37(47)35(27)46)30-16-24-15-25(38(48)49)17-41-36(24)43(30)6/h10-11,13-17,21H,8-9,12,18H2,1-7H3,(H,48,49)/t21-/m1/s1. The molecule has 6 aromatic rings. The molecule has 4 aromatic heterocycles. The number of ether oxygens (including phenoxy) is 1. The Bertz CT molecular complexity index is 2360.